The van der Waals surface area contributed by atoms with Gasteiger partial charge in [-0.05, 0) is 31.0 Å². The van der Waals surface area contributed by atoms with E-state index in [0.717, 1.165) is 36.3 Å². The molecular weight excluding hydrogens is 254 g/mol. The predicted octanol–water partition coefficient (Wildman–Crippen LogP) is 3.71. The normalized spacial score (nSPS) is 19.2. The standard InChI is InChI=1S/C13H18ClNOS/c14-11-8-10(15)4-5-12(11)17-9-13(16)6-2-1-3-7-13/h4-5,8,16H,1-3,6-7,9,15H2. The topological polar surface area (TPSA) is 46.2 Å². The zero-order chi connectivity index (χ0) is 12.3. The molecule has 17 heavy (non-hydrogen) atoms. The monoisotopic (exact) mass is 271 g/mol. The quantitative estimate of drug-likeness (QED) is 0.651. The van der Waals surface area contributed by atoms with Crippen LogP contribution in [0.4, 0.5) is 5.69 Å². The number of benzene rings is 1. The lowest BCUT2D eigenvalue weighted by molar-refractivity contribution is 0.0273. The molecule has 1 aromatic carbocycles. The second kappa shape index (κ2) is 5.51. The van der Waals surface area contributed by atoms with Crippen molar-refractivity contribution in [3.63, 3.8) is 0 Å². The maximum Gasteiger partial charge on any atom is 0.0741 e. The van der Waals surface area contributed by atoms with E-state index in [-0.39, 0.29) is 0 Å². The summed E-state index contributed by atoms with van der Waals surface area (Å²) in [5, 5.41) is 11.1. The fourth-order valence-corrected chi connectivity index (χ4v) is 3.63. The Kier molecular flexibility index (Phi) is 4.23. The third-order valence-corrected chi connectivity index (χ3v) is 5.01. The molecule has 0 bridgehead atoms. The Hall–Kier alpha value is -0.380. The zero-order valence-corrected chi connectivity index (χ0v) is 11.4. The summed E-state index contributed by atoms with van der Waals surface area (Å²) >= 11 is 7.73. The summed E-state index contributed by atoms with van der Waals surface area (Å²) in [4.78, 5) is 1.000. The fourth-order valence-electron chi connectivity index (χ4n) is 2.20. The molecule has 0 aromatic heterocycles. The molecule has 2 rings (SSSR count). The number of nitrogen functional groups attached to an aromatic ring is 1. The highest BCUT2D eigenvalue weighted by molar-refractivity contribution is 7.99. The Morgan fingerprint density at radius 1 is 1.29 bits per heavy atom. The number of rotatable bonds is 3. The molecule has 1 aliphatic rings. The second-order valence-electron chi connectivity index (χ2n) is 4.76. The summed E-state index contributed by atoms with van der Waals surface area (Å²) in [6, 6.07) is 5.53. The van der Waals surface area contributed by atoms with Gasteiger partial charge in [-0.3, -0.25) is 0 Å². The number of thioether (sulfide) groups is 1. The van der Waals surface area contributed by atoms with Gasteiger partial charge in [0.05, 0.1) is 10.6 Å². The van der Waals surface area contributed by atoms with E-state index in [1.165, 1.54) is 6.42 Å². The fraction of sp³-hybridized carbons (Fsp3) is 0.538. The van der Waals surface area contributed by atoms with Crippen LogP contribution in [0.1, 0.15) is 32.1 Å². The average molecular weight is 272 g/mol. The van der Waals surface area contributed by atoms with Gasteiger partial charge >= 0.3 is 0 Å². The second-order valence-corrected chi connectivity index (χ2v) is 6.19. The van der Waals surface area contributed by atoms with Crippen LogP contribution in [-0.2, 0) is 0 Å². The van der Waals surface area contributed by atoms with Gasteiger partial charge in [0, 0.05) is 16.3 Å². The molecule has 0 heterocycles. The van der Waals surface area contributed by atoms with Gasteiger partial charge in [0.1, 0.15) is 0 Å². The van der Waals surface area contributed by atoms with Crippen LogP contribution in [0.3, 0.4) is 0 Å². The van der Waals surface area contributed by atoms with Gasteiger partial charge in [0.15, 0.2) is 0 Å². The minimum atomic E-state index is -0.506. The highest BCUT2D eigenvalue weighted by Gasteiger charge is 2.29. The van der Waals surface area contributed by atoms with E-state index >= 15 is 0 Å². The van der Waals surface area contributed by atoms with E-state index in [1.807, 2.05) is 12.1 Å². The molecule has 0 aliphatic heterocycles. The van der Waals surface area contributed by atoms with Crippen LogP contribution in [0, 0.1) is 0 Å². The lowest BCUT2D eigenvalue weighted by atomic mass is 9.86. The van der Waals surface area contributed by atoms with Crippen LogP contribution in [0.5, 0.6) is 0 Å². The van der Waals surface area contributed by atoms with Crippen molar-refractivity contribution in [3.8, 4) is 0 Å². The molecule has 2 nitrogen and oxygen atoms in total. The van der Waals surface area contributed by atoms with Gasteiger partial charge in [0.2, 0.25) is 0 Å². The zero-order valence-electron chi connectivity index (χ0n) is 9.79. The molecular formula is C13H18ClNOS. The van der Waals surface area contributed by atoms with Crippen molar-refractivity contribution >= 4 is 29.1 Å². The van der Waals surface area contributed by atoms with Gasteiger partial charge in [0.25, 0.3) is 0 Å². The Labute approximate surface area is 112 Å². The Morgan fingerprint density at radius 2 is 2.00 bits per heavy atom. The van der Waals surface area contributed by atoms with Crippen molar-refractivity contribution in [2.75, 3.05) is 11.5 Å². The molecule has 1 aromatic rings. The van der Waals surface area contributed by atoms with E-state index in [0.29, 0.717) is 10.7 Å². The number of nitrogens with two attached hydrogens (primary N) is 1. The minimum absolute atomic E-state index is 0.506. The molecule has 0 spiro atoms. The minimum Gasteiger partial charge on any atom is -0.399 e. The van der Waals surface area contributed by atoms with Crippen LogP contribution in [0.25, 0.3) is 0 Å². The van der Waals surface area contributed by atoms with Gasteiger partial charge < -0.3 is 10.8 Å². The number of hydrogen-bond donors (Lipinski definition) is 2. The van der Waals surface area contributed by atoms with E-state index in [9.17, 15) is 5.11 Å². The lowest BCUT2D eigenvalue weighted by Crippen LogP contribution is -2.33. The van der Waals surface area contributed by atoms with E-state index in [1.54, 1.807) is 17.8 Å². The van der Waals surface area contributed by atoms with Crippen molar-refractivity contribution in [1.82, 2.24) is 0 Å². The number of halogens is 1. The predicted molar refractivity (Wildman–Crippen MR) is 74.6 cm³/mol. The first-order chi connectivity index (χ1) is 8.09. The van der Waals surface area contributed by atoms with Crippen molar-refractivity contribution in [3.05, 3.63) is 23.2 Å². The molecule has 0 amide bonds. The van der Waals surface area contributed by atoms with Crippen LogP contribution in [0.15, 0.2) is 23.1 Å². The van der Waals surface area contributed by atoms with Crippen LogP contribution in [-0.4, -0.2) is 16.5 Å². The highest BCUT2D eigenvalue weighted by atomic mass is 35.5. The number of hydrogen-bond acceptors (Lipinski definition) is 3. The third kappa shape index (κ3) is 3.54. The largest absolute Gasteiger partial charge is 0.399 e. The molecule has 0 unspecified atom stereocenters. The summed E-state index contributed by atoms with van der Waals surface area (Å²) < 4.78 is 0. The Morgan fingerprint density at radius 3 is 2.65 bits per heavy atom. The molecule has 1 fully saturated rings. The van der Waals surface area contributed by atoms with Crippen LogP contribution < -0.4 is 5.73 Å². The lowest BCUT2D eigenvalue weighted by Gasteiger charge is -2.31. The van der Waals surface area contributed by atoms with Crippen LogP contribution >= 0.6 is 23.4 Å². The van der Waals surface area contributed by atoms with Gasteiger partial charge in [-0.15, -0.1) is 11.8 Å². The van der Waals surface area contributed by atoms with Crippen molar-refractivity contribution in [2.24, 2.45) is 0 Å². The van der Waals surface area contributed by atoms with E-state index < -0.39 is 5.60 Å². The van der Waals surface area contributed by atoms with Crippen molar-refractivity contribution < 1.29 is 5.11 Å². The Bertz CT molecular complexity index is 391. The molecule has 0 atom stereocenters. The summed E-state index contributed by atoms with van der Waals surface area (Å²) in [5.74, 6) is 0.719. The van der Waals surface area contributed by atoms with Crippen LogP contribution in [0.2, 0.25) is 5.02 Å². The van der Waals surface area contributed by atoms with Crippen molar-refractivity contribution in [1.29, 1.82) is 0 Å². The van der Waals surface area contributed by atoms with Gasteiger partial charge in [-0.25, -0.2) is 0 Å². The highest BCUT2D eigenvalue weighted by Crippen LogP contribution is 2.36. The first-order valence-electron chi connectivity index (χ1n) is 5.99. The summed E-state index contributed by atoms with van der Waals surface area (Å²) in [7, 11) is 0. The first kappa shape index (κ1) is 13.1. The summed E-state index contributed by atoms with van der Waals surface area (Å²) in [6.45, 7) is 0. The molecule has 4 heteroatoms. The molecule has 0 radical (unpaired) electrons. The molecule has 1 aliphatic carbocycles. The summed E-state index contributed by atoms with van der Waals surface area (Å²) in [6.07, 6.45) is 5.33. The number of anilines is 1. The van der Waals surface area contributed by atoms with Gasteiger partial charge in [-0.2, -0.15) is 0 Å². The third-order valence-electron chi connectivity index (χ3n) is 3.24. The smallest absolute Gasteiger partial charge is 0.0741 e. The summed E-state index contributed by atoms with van der Waals surface area (Å²) in [5.41, 5.74) is 5.82. The molecule has 3 N–H and O–H groups in total. The van der Waals surface area contributed by atoms with Crippen molar-refractivity contribution in [2.45, 2.75) is 42.6 Å². The number of aliphatic hydroxyl groups is 1. The maximum atomic E-state index is 10.4. The SMILES string of the molecule is Nc1ccc(SCC2(O)CCCCC2)c(Cl)c1. The van der Waals surface area contributed by atoms with E-state index in [2.05, 4.69) is 0 Å². The maximum absolute atomic E-state index is 10.4. The first-order valence-corrected chi connectivity index (χ1v) is 7.36. The molecule has 1 saturated carbocycles. The van der Waals surface area contributed by atoms with E-state index in [4.69, 9.17) is 17.3 Å². The molecule has 0 saturated heterocycles. The molecule has 94 valence electrons. The van der Waals surface area contributed by atoms with Gasteiger partial charge in [-0.1, -0.05) is 30.9 Å². The average Bonchev–Trinajstić information content (AvgIpc) is 2.29. The Balaban J connectivity index is 1.97.